The molecule has 3 aromatic rings. The average Bonchev–Trinajstić information content (AvgIpc) is 3.16. The average molecular weight is 777 g/mol. The van der Waals surface area contributed by atoms with E-state index in [1.54, 1.807) is 36.4 Å². The Labute approximate surface area is 330 Å². The third-order valence-electron chi connectivity index (χ3n) is 8.12. The van der Waals surface area contributed by atoms with Gasteiger partial charge in [-0.15, -0.1) is 0 Å². The summed E-state index contributed by atoms with van der Waals surface area (Å²) < 4.78 is 0. The zero-order valence-electron chi connectivity index (χ0n) is 32.9. The van der Waals surface area contributed by atoms with Crippen molar-refractivity contribution in [3.63, 3.8) is 0 Å². The van der Waals surface area contributed by atoms with Crippen molar-refractivity contribution < 1.29 is 50.4 Å². The largest absolute Gasteiger partial charge is 0.550 e. The molecule has 0 heterocycles. The van der Waals surface area contributed by atoms with Gasteiger partial charge in [-0.2, -0.15) is 0 Å². The van der Waals surface area contributed by atoms with Gasteiger partial charge in [0.1, 0.15) is 5.78 Å². The van der Waals surface area contributed by atoms with Gasteiger partial charge in [0.25, 0.3) is 11.8 Å². The van der Waals surface area contributed by atoms with Gasteiger partial charge in [-0.1, -0.05) is 55.7 Å². The first kappa shape index (κ1) is 48.4. The molecule has 306 valence electrons. The number of Topliss-reactive ketones (excluding diaryl/α,β-unsaturated/α-hetero) is 1. The smallest absolute Gasteiger partial charge is 0.319 e. The van der Waals surface area contributed by atoms with Crippen molar-refractivity contribution in [1.29, 1.82) is 0 Å². The van der Waals surface area contributed by atoms with Gasteiger partial charge in [-0.05, 0) is 105 Å². The number of carbonyl (C=O) groups excluding carboxylic acids is 6. The molecule has 14 heteroatoms. The van der Waals surface area contributed by atoms with Gasteiger partial charge in [-0.25, -0.2) is 4.79 Å². The van der Waals surface area contributed by atoms with Crippen molar-refractivity contribution in [2.24, 2.45) is 0 Å². The van der Waals surface area contributed by atoms with Gasteiger partial charge in [0, 0.05) is 61.2 Å². The summed E-state index contributed by atoms with van der Waals surface area (Å²) in [6.45, 7) is 5.19. The van der Waals surface area contributed by atoms with E-state index < -0.39 is 11.9 Å². The van der Waals surface area contributed by atoms with Crippen LogP contribution < -0.4 is 42.9 Å². The maximum atomic E-state index is 12.7. The van der Waals surface area contributed by atoms with Crippen LogP contribution in [0.4, 0.5) is 10.5 Å². The van der Waals surface area contributed by atoms with Crippen LogP contribution in [0.15, 0.2) is 72.8 Å². The van der Waals surface area contributed by atoms with Crippen LogP contribution >= 0.6 is 0 Å². The van der Waals surface area contributed by atoms with Crippen LogP contribution in [0, 0.1) is 0 Å². The van der Waals surface area contributed by atoms with Crippen molar-refractivity contribution >= 4 is 41.3 Å². The van der Waals surface area contributed by atoms with E-state index in [0.717, 1.165) is 88.6 Å². The lowest BCUT2D eigenvalue weighted by Gasteiger charge is -2.10. The second-order valence-electron chi connectivity index (χ2n) is 13.2. The summed E-state index contributed by atoms with van der Waals surface area (Å²) in [6, 6.07) is 21.4. The number of carbonyl (C=O) groups is 6. The first-order valence-corrected chi connectivity index (χ1v) is 19.2. The fraction of sp³-hybridized carbons (Fsp3) is 0.429. The summed E-state index contributed by atoms with van der Waals surface area (Å²) in [4.78, 5) is 67.6. The Morgan fingerprint density at radius 2 is 0.911 bits per heavy atom. The number of amides is 4. The third-order valence-corrected chi connectivity index (χ3v) is 8.12. The minimum atomic E-state index is -1.08. The molecule has 4 amide bonds. The minimum Gasteiger partial charge on any atom is -0.550 e. The number of carboxylic acids is 2. The van der Waals surface area contributed by atoms with Gasteiger partial charge < -0.3 is 52.5 Å². The van der Waals surface area contributed by atoms with E-state index >= 15 is 0 Å². The molecule has 0 aliphatic heterocycles. The van der Waals surface area contributed by atoms with Crippen molar-refractivity contribution in [3.8, 4) is 0 Å². The van der Waals surface area contributed by atoms with E-state index in [1.165, 1.54) is 12.8 Å². The van der Waals surface area contributed by atoms with E-state index in [9.17, 15) is 19.2 Å². The first-order chi connectivity index (χ1) is 26.8. The fourth-order valence-electron chi connectivity index (χ4n) is 5.20. The summed E-state index contributed by atoms with van der Waals surface area (Å²) in [5.41, 5.74) is 12.1. The molecule has 14 nitrogen and oxygen atoms in total. The molecule has 0 aliphatic rings. The normalized spacial score (nSPS) is 10.1. The molecular weight excluding hydrogens is 716 g/mol. The standard InChI is InChI=1S/C38H52N6O4.2C2H4O2/c39-23-7-3-1-2-6-10-35(45)26-29-11-13-30(14-12-29)27-42-36(46)32-17-19-33(20-18-32)37(47)43-28-31-15-21-34(22-16-31)44-38(48)41-25-9-5-4-8-24-40;2*1-2(3)4/h11-22H,1-10,23-28,39-40H2,(H,42,46)(H,43,47)(H2,41,44,48);2*1H3,(H,3,4). The molecular formula is C42H60N6O8. The van der Waals surface area contributed by atoms with Crippen LogP contribution in [0.2, 0.25) is 0 Å². The maximum absolute atomic E-state index is 12.7. The maximum Gasteiger partial charge on any atom is 0.319 e. The number of carboxylic acid groups (broad SMARTS) is 2. The van der Waals surface area contributed by atoms with E-state index in [1.807, 2.05) is 36.4 Å². The molecule has 3 rings (SSSR count). The molecule has 0 bridgehead atoms. The second-order valence-corrected chi connectivity index (χ2v) is 13.2. The van der Waals surface area contributed by atoms with Gasteiger partial charge >= 0.3 is 6.03 Å². The molecule has 0 spiro atoms. The topological polar surface area (TPSA) is 252 Å². The predicted molar refractivity (Wildman–Crippen MR) is 210 cm³/mol. The van der Waals surface area contributed by atoms with E-state index in [0.29, 0.717) is 49.3 Å². The summed E-state index contributed by atoms with van der Waals surface area (Å²) >= 11 is 0. The van der Waals surface area contributed by atoms with Crippen LogP contribution in [0.25, 0.3) is 0 Å². The van der Waals surface area contributed by atoms with Crippen LogP contribution in [-0.2, 0) is 33.9 Å². The van der Waals surface area contributed by atoms with Gasteiger partial charge in [-0.3, -0.25) is 14.4 Å². The summed E-state index contributed by atoms with van der Waals surface area (Å²) in [5, 5.41) is 29.3. The van der Waals surface area contributed by atoms with E-state index in [2.05, 4.69) is 32.7 Å². The van der Waals surface area contributed by atoms with Crippen LogP contribution in [0.1, 0.15) is 115 Å². The van der Waals surface area contributed by atoms with Crippen molar-refractivity contribution in [3.05, 3.63) is 101 Å². The number of urea groups is 1. The lowest BCUT2D eigenvalue weighted by Crippen LogP contribution is -2.50. The van der Waals surface area contributed by atoms with Crippen LogP contribution in [0.5, 0.6) is 0 Å². The number of nitrogens with one attached hydrogen (secondary N) is 4. The number of aliphatic carboxylic acids is 2. The highest BCUT2D eigenvalue weighted by atomic mass is 16.4. The number of benzene rings is 3. The first-order valence-electron chi connectivity index (χ1n) is 19.2. The highest BCUT2D eigenvalue weighted by Gasteiger charge is 2.10. The molecule has 0 saturated carbocycles. The Hall–Kier alpha value is -5.60. The second kappa shape index (κ2) is 29.7. The minimum absolute atomic E-state index is 0.233. The number of hydrogen-bond acceptors (Lipinski definition) is 8. The number of rotatable bonds is 22. The van der Waals surface area contributed by atoms with Gasteiger partial charge in [0.2, 0.25) is 0 Å². The molecule has 3 aromatic carbocycles. The highest BCUT2D eigenvalue weighted by molar-refractivity contribution is 5.97. The fourth-order valence-corrected chi connectivity index (χ4v) is 5.20. The lowest BCUT2D eigenvalue weighted by atomic mass is 10.0. The summed E-state index contributed by atoms with van der Waals surface area (Å²) in [7, 11) is 0. The molecule has 0 atom stereocenters. The molecule has 0 aromatic heterocycles. The van der Waals surface area contributed by atoms with E-state index in [-0.39, 0.29) is 23.6 Å². The van der Waals surface area contributed by atoms with Crippen molar-refractivity contribution in [2.45, 2.75) is 97.6 Å². The molecule has 10 N–H and O–H groups in total. The van der Waals surface area contributed by atoms with Crippen molar-refractivity contribution in [1.82, 2.24) is 16.0 Å². The van der Waals surface area contributed by atoms with Crippen LogP contribution in [-0.4, -0.2) is 55.2 Å². The zero-order valence-corrected chi connectivity index (χ0v) is 32.9. The summed E-state index contributed by atoms with van der Waals surface area (Å²) in [6.07, 6.45) is 10.9. The van der Waals surface area contributed by atoms with Crippen molar-refractivity contribution in [2.75, 3.05) is 25.0 Å². The molecule has 0 saturated heterocycles. The Morgan fingerprint density at radius 1 is 0.518 bits per heavy atom. The molecule has 0 unspecified atom stereocenters. The van der Waals surface area contributed by atoms with Crippen LogP contribution in [0.3, 0.4) is 0 Å². The monoisotopic (exact) mass is 776 g/mol. The Balaban J connectivity index is 0.00000178. The number of unbranched alkanes of at least 4 members (excludes halogenated alkanes) is 7. The lowest BCUT2D eigenvalue weighted by molar-refractivity contribution is -0.368. The van der Waals surface area contributed by atoms with E-state index in [4.69, 9.17) is 19.8 Å². The Kier molecular flexibility index (Phi) is 25.7. The Morgan fingerprint density at radius 3 is 1.38 bits per heavy atom. The highest BCUT2D eigenvalue weighted by Crippen LogP contribution is 2.12. The predicted octanol–water partition coefficient (Wildman–Crippen LogP) is 1.68. The van der Waals surface area contributed by atoms with Gasteiger partial charge in [0.15, 0.2) is 0 Å². The molecule has 56 heavy (non-hydrogen) atoms. The quantitative estimate of drug-likeness (QED) is 0.0817. The number of quaternary nitrogens is 2. The SMILES string of the molecule is CC(=O)[O-].CC(=O)[O-].[NH3+]CCCCCCCC(=O)Cc1ccc(CNC(=O)c2ccc(C(=O)NCc3ccc(NC(=O)NCCCCCC[NH3+])cc3)cc2)cc1. The number of anilines is 1. The molecule has 0 radical (unpaired) electrons. The molecule has 0 aliphatic carbocycles. The number of hydrogen-bond donors (Lipinski definition) is 6. The third kappa shape index (κ3) is 24.7. The Bertz CT molecular complexity index is 1490. The molecule has 0 fully saturated rings. The summed E-state index contributed by atoms with van der Waals surface area (Å²) in [5.74, 6) is -2.39. The van der Waals surface area contributed by atoms with Gasteiger partial charge in [0.05, 0.1) is 13.1 Å². The number of ketones is 1. The zero-order chi connectivity index (χ0) is 41.6.